The summed E-state index contributed by atoms with van der Waals surface area (Å²) in [6.45, 7) is 4.44. The van der Waals surface area contributed by atoms with Gasteiger partial charge in [0.1, 0.15) is 5.75 Å². The molecule has 3 aromatic rings. The lowest BCUT2D eigenvalue weighted by molar-refractivity contribution is -0.131. The van der Waals surface area contributed by atoms with Crippen LogP contribution in [0.25, 0.3) is 6.08 Å². The fourth-order valence-electron chi connectivity index (χ4n) is 4.14. The number of para-hydroxylation sites is 1. The lowest BCUT2D eigenvalue weighted by Crippen LogP contribution is -2.24. The second-order valence-electron chi connectivity index (χ2n) is 8.48. The van der Waals surface area contributed by atoms with Gasteiger partial charge >= 0.3 is 5.97 Å². The molecule has 0 aromatic heterocycles. The molecule has 4 nitrogen and oxygen atoms in total. The normalized spacial score (nSPS) is 17.7. The minimum atomic E-state index is -2.62. The first-order valence-electron chi connectivity index (χ1n) is 10.6. The van der Waals surface area contributed by atoms with E-state index in [2.05, 4.69) is 55.9 Å². The van der Waals surface area contributed by atoms with Crippen LogP contribution in [0.2, 0.25) is 0 Å². The van der Waals surface area contributed by atoms with Crippen LogP contribution < -0.4 is 14.7 Å². The Bertz CT molecular complexity index is 1280. The molecule has 1 aliphatic rings. The molecule has 6 heteroatoms. The van der Waals surface area contributed by atoms with Crippen molar-refractivity contribution in [3.05, 3.63) is 108 Å². The van der Waals surface area contributed by atoms with Gasteiger partial charge in [0, 0.05) is 41.0 Å². The number of allylic oxidation sites excluding steroid dienone is 1. The number of carboxylic acid groups (broad SMARTS) is 1. The van der Waals surface area contributed by atoms with Crippen molar-refractivity contribution >= 4 is 41.1 Å². The predicted octanol–water partition coefficient (Wildman–Crippen LogP) is 6.15. The summed E-state index contributed by atoms with van der Waals surface area (Å²) in [6, 6.07) is 25.7. The smallest absolute Gasteiger partial charge is 0.328 e. The SMILES string of the molecule is CN1/C(=C\P(=S)(Oc2ccc(/C=C/C(=O)O)cc2)c2ccccc2)C(C)(C)c2ccccc21. The van der Waals surface area contributed by atoms with Crippen LogP contribution in [0.15, 0.2) is 96.5 Å². The van der Waals surface area contributed by atoms with Crippen LogP contribution in [0, 0.1) is 0 Å². The highest BCUT2D eigenvalue weighted by atomic mass is 32.4. The zero-order valence-corrected chi connectivity index (χ0v) is 20.5. The molecule has 1 unspecified atom stereocenters. The van der Waals surface area contributed by atoms with E-state index in [1.165, 1.54) is 11.3 Å². The second-order valence-corrected chi connectivity index (χ2v) is 12.3. The Balaban J connectivity index is 1.75. The van der Waals surface area contributed by atoms with Crippen LogP contribution in [0.1, 0.15) is 25.0 Å². The summed E-state index contributed by atoms with van der Waals surface area (Å²) in [6.07, 6.45) is 0.0484. The molecule has 1 heterocycles. The first-order chi connectivity index (χ1) is 15.7. The third-order valence-electron chi connectivity index (χ3n) is 5.89. The van der Waals surface area contributed by atoms with E-state index in [0.717, 1.165) is 22.6 Å². The maximum absolute atomic E-state index is 10.8. The Kier molecular flexibility index (Phi) is 6.29. The summed E-state index contributed by atoms with van der Waals surface area (Å²) < 4.78 is 6.55. The van der Waals surface area contributed by atoms with E-state index in [9.17, 15) is 4.79 Å². The molecule has 0 aliphatic carbocycles. The van der Waals surface area contributed by atoms with Crippen molar-refractivity contribution in [3.8, 4) is 5.75 Å². The molecule has 0 amide bonds. The number of anilines is 1. The van der Waals surface area contributed by atoms with Crippen molar-refractivity contribution < 1.29 is 14.4 Å². The average molecular weight is 476 g/mol. The topological polar surface area (TPSA) is 49.8 Å². The molecular weight excluding hydrogens is 449 g/mol. The van der Waals surface area contributed by atoms with E-state index in [-0.39, 0.29) is 5.41 Å². The van der Waals surface area contributed by atoms with E-state index < -0.39 is 12.2 Å². The summed E-state index contributed by atoms with van der Waals surface area (Å²) in [5, 5.41) is 9.82. The molecule has 3 aromatic carbocycles. The average Bonchev–Trinajstić information content (AvgIpc) is 3.00. The molecule has 0 spiro atoms. The summed E-state index contributed by atoms with van der Waals surface area (Å²) in [4.78, 5) is 13.0. The molecule has 0 saturated carbocycles. The highest BCUT2D eigenvalue weighted by molar-refractivity contribution is 8.17. The number of benzene rings is 3. The molecule has 4 rings (SSSR count). The van der Waals surface area contributed by atoms with Crippen LogP contribution in [0.3, 0.4) is 0 Å². The Morgan fingerprint density at radius 2 is 1.64 bits per heavy atom. The minimum absolute atomic E-state index is 0.209. The highest BCUT2D eigenvalue weighted by Crippen LogP contribution is 2.55. The number of nitrogens with zero attached hydrogens (tertiary/aromatic N) is 1. The van der Waals surface area contributed by atoms with E-state index in [0.29, 0.717) is 5.75 Å². The van der Waals surface area contributed by atoms with Gasteiger partial charge in [0.25, 0.3) is 0 Å². The molecule has 0 radical (unpaired) electrons. The molecule has 0 fully saturated rings. The standard InChI is InChI=1S/C27H26NO3PS/c1-27(2)23-11-7-8-12-24(23)28(3)25(27)19-32(33,22-9-5-4-6-10-22)31-21-16-13-20(14-17-21)15-18-26(29)30/h4-19H,1-3H3,(H,29,30)/b18-15+,25-19-. The van der Waals surface area contributed by atoms with Crippen molar-refractivity contribution in [2.24, 2.45) is 0 Å². The first kappa shape index (κ1) is 23.0. The van der Waals surface area contributed by atoms with Gasteiger partial charge in [-0.25, -0.2) is 4.79 Å². The summed E-state index contributed by atoms with van der Waals surface area (Å²) in [5.41, 5.74) is 4.14. The molecular formula is C27H26NO3PS. The molecule has 1 aliphatic heterocycles. The Morgan fingerprint density at radius 3 is 2.27 bits per heavy atom. The molecule has 0 bridgehead atoms. The Hall–Kier alpha value is -3.14. The van der Waals surface area contributed by atoms with E-state index in [4.69, 9.17) is 21.4 Å². The van der Waals surface area contributed by atoms with Crippen molar-refractivity contribution in [3.63, 3.8) is 0 Å². The minimum Gasteiger partial charge on any atom is -0.478 e. The van der Waals surface area contributed by atoms with Crippen LogP contribution >= 0.6 is 6.26 Å². The predicted molar refractivity (Wildman–Crippen MR) is 140 cm³/mol. The number of hydrogen-bond acceptors (Lipinski definition) is 4. The summed E-state index contributed by atoms with van der Waals surface area (Å²) >= 11 is 6.27. The highest BCUT2D eigenvalue weighted by Gasteiger charge is 2.40. The summed E-state index contributed by atoms with van der Waals surface area (Å²) in [5.74, 6) is 1.82. The third-order valence-corrected chi connectivity index (χ3v) is 9.15. The number of likely N-dealkylation sites (N-methyl/N-ethyl adjacent to an activating group) is 1. The van der Waals surface area contributed by atoms with Gasteiger partial charge in [-0.2, -0.15) is 0 Å². The van der Waals surface area contributed by atoms with E-state index in [1.807, 2.05) is 54.6 Å². The quantitative estimate of drug-likeness (QED) is 0.342. The first-order valence-corrected chi connectivity index (χ1v) is 13.4. The fraction of sp³-hybridized carbons (Fsp3) is 0.148. The second kappa shape index (κ2) is 9.01. The Morgan fingerprint density at radius 1 is 1.00 bits per heavy atom. The number of rotatable bonds is 6. The van der Waals surface area contributed by atoms with Crippen LogP contribution in [0.5, 0.6) is 5.75 Å². The van der Waals surface area contributed by atoms with Crippen molar-refractivity contribution in [1.29, 1.82) is 0 Å². The van der Waals surface area contributed by atoms with Gasteiger partial charge in [-0.05, 0) is 47.2 Å². The van der Waals surface area contributed by atoms with Gasteiger partial charge in [-0.1, -0.05) is 74.5 Å². The monoisotopic (exact) mass is 475 g/mol. The molecule has 1 atom stereocenters. The molecule has 168 valence electrons. The van der Waals surface area contributed by atoms with Crippen LogP contribution in [0.4, 0.5) is 5.69 Å². The van der Waals surface area contributed by atoms with Gasteiger partial charge in [-0.3, -0.25) is 0 Å². The van der Waals surface area contributed by atoms with Crippen molar-refractivity contribution in [2.45, 2.75) is 19.3 Å². The zero-order valence-electron chi connectivity index (χ0n) is 18.8. The molecule has 0 saturated heterocycles. The van der Waals surface area contributed by atoms with Gasteiger partial charge in [0.15, 0.2) is 6.26 Å². The third kappa shape index (κ3) is 4.66. The summed E-state index contributed by atoms with van der Waals surface area (Å²) in [7, 11) is 2.08. The number of fused-ring (bicyclic) bond motifs is 1. The zero-order chi connectivity index (χ0) is 23.6. The van der Waals surface area contributed by atoms with Crippen molar-refractivity contribution in [1.82, 2.24) is 0 Å². The van der Waals surface area contributed by atoms with E-state index >= 15 is 0 Å². The van der Waals surface area contributed by atoms with E-state index in [1.54, 1.807) is 6.08 Å². The van der Waals surface area contributed by atoms with Gasteiger partial charge in [0.05, 0.1) is 0 Å². The maximum Gasteiger partial charge on any atom is 0.328 e. The van der Waals surface area contributed by atoms with Gasteiger partial charge in [-0.15, -0.1) is 0 Å². The molecule has 33 heavy (non-hydrogen) atoms. The van der Waals surface area contributed by atoms with Crippen LogP contribution in [-0.4, -0.2) is 18.1 Å². The van der Waals surface area contributed by atoms with Crippen LogP contribution in [-0.2, 0) is 22.0 Å². The van der Waals surface area contributed by atoms with Gasteiger partial charge < -0.3 is 14.5 Å². The lowest BCUT2D eigenvalue weighted by atomic mass is 9.84. The Labute approximate surface area is 199 Å². The van der Waals surface area contributed by atoms with Gasteiger partial charge in [0.2, 0.25) is 0 Å². The number of hydrogen-bond donors (Lipinski definition) is 1. The number of aliphatic carboxylic acids is 1. The van der Waals surface area contributed by atoms with Crippen molar-refractivity contribution in [2.75, 3.05) is 11.9 Å². The fourth-order valence-corrected chi connectivity index (χ4v) is 7.21. The number of carboxylic acids is 1. The largest absolute Gasteiger partial charge is 0.478 e. The lowest BCUT2D eigenvalue weighted by Gasteiger charge is -2.28. The molecule has 1 N–H and O–H groups in total. The maximum atomic E-state index is 10.8. The number of carbonyl (C=O) groups is 1.